The van der Waals surface area contributed by atoms with Gasteiger partial charge in [0.25, 0.3) is 0 Å². The molecular formula is C19H30ClIN4O2. The molecule has 0 aromatic heterocycles. The standard InChI is InChI=1S/C19H29ClN4O2.HI/c1-19(2)14-24(9-12-26-19)17(15-3-5-16(20)6-4-15)13-22-18(21)23-7-10-25-11-8-23;/h3-6,17H,7-14H2,1-2H3,(H2,21,22);1H. The number of hydrogen-bond donors (Lipinski definition) is 1. The first-order valence-corrected chi connectivity index (χ1v) is 9.58. The Morgan fingerprint density at radius 3 is 2.48 bits per heavy atom. The van der Waals surface area contributed by atoms with Crippen LogP contribution >= 0.6 is 35.6 Å². The number of rotatable bonds is 4. The first-order chi connectivity index (χ1) is 12.4. The Labute approximate surface area is 184 Å². The lowest BCUT2D eigenvalue weighted by atomic mass is 10.0. The highest BCUT2D eigenvalue weighted by Gasteiger charge is 2.32. The Kier molecular flexibility index (Phi) is 8.61. The second kappa shape index (κ2) is 10.2. The van der Waals surface area contributed by atoms with Gasteiger partial charge in [-0.25, -0.2) is 0 Å². The molecule has 27 heavy (non-hydrogen) atoms. The van der Waals surface area contributed by atoms with Crippen LogP contribution in [0.15, 0.2) is 29.3 Å². The van der Waals surface area contributed by atoms with Gasteiger partial charge in [0.2, 0.25) is 0 Å². The summed E-state index contributed by atoms with van der Waals surface area (Å²) in [6, 6.07) is 8.18. The van der Waals surface area contributed by atoms with Gasteiger partial charge in [0.15, 0.2) is 5.96 Å². The predicted octanol–water partition coefficient (Wildman–Crippen LogP) is 2.76. The van der Waals surface area contributed by atoms with Crippen LogP contribution in [-0.4, -0.2) is 73.9 Å². The molecule has 152 valence electrons. The maximum atomic E-state index is 6.24. The van der Waals surface area contributed by atoms with Crippen molar-refractivity contribution in [2.24, 2.45) is 10.7 Å². The van der Waals surface area contributed by atoms with Crippen LogP contribution in [0.1, 0.15) is 25.5 Å². The van der Waals surface area contributed by atoms with Crippen molar-refractivity contribution in [3.8, 4) is 0 Å². The molecule has 1 unspecified atom stereocenters. The first-order valence-electron chi connectivity index (χ1n) is 9.21. The number of guanidine groups is 1. The van der Waals surface area contributed by atoms with E-state index >= 15 is 0 Å². The molecule has 2 saturated heterocycles. The van der Waals surface area contributed by atoms with Crippen molar-refractivity contribution in [2.45, 2.75) is 25.5 Å². The van der Waals surface area contributed by atoms with Gasteiger partial charge >= 0.3 is 0 Å². The minimum Gasteiger partial charge on any atom is -0.378 e. The van der Waals surface area contributed by atoms with Crippen molar-refractivity contribution in [3.05, 3.63) is 34.9 Å². The van der Waals surface area contributed by atoms with Crippen LogP contribution in [0.3, 0.4) is 0 Å². The fourth-order valence-corrected chi connectivity index (χ4v) is 3.63. The van der Waals surface area contributed by atoms with Gasteiger partial charge in [0, 0.05) is 31.2 Å². The van der Waals surface area contributed by atoms with Gasteiger partial charge in [0.05, 0.1) is 38.0 Å². The summed E-state index contributed by atoms with van der Waals surface area (Å²) in [5.41, 5.74) is 7.27. The van der Waals surface area contributed by atoms with E-state index < -0.39 is 0 Å². The minimum absolute atomic E-state index is 0. The van der Waals surface area contributed by atoms with Crippen molar-refractivity contribution < 1.29 is 9.47 Å². The maximum Gasteiger partial charge on any atom is 0.191 e. The third-order valence-electron chi connectivity index (χ3n) is 4.91. The number of nitrogens with zero attached hydrogens (tertiary/aromatic N) is 3. The van der Waals surface area contributed by atoms with Crippen LogP contribution < -0.4 is 5.73 Å². The minimum atomic E-state index is -0.164. The molecule has 2 fully saturated rings. The van der Waals surface area contributed by atoms with E-state index in [0.717, 1.165) is 37.8 Å². The number of hydrogen-bond acceptors (Lipinski definition) is 4. The highest BCUT2D eigenvalue weighted by Crippen LogP contribution is 2.28. The molecule has 0 amide bonds. The monoisotopic (exact) mass is 508 g/mol. The van der Waals surface area contributed by atoms with E-state index in [2.05, 4.69) is 35.8 Å². The van der Waals surface area contributed by atoms with E-state index in [9.17, 15) is 0 Å². The maximum absolute atomic E-state index is 6.24. The van der Waals surface area contributed by atoms with Gasteiger partial charge in [-0.05, 0) is 31.5 Å². The molecule has 0 saturated carbocycles. The fraction of sp³-hybridized carbons (Fsp3) is 0.632. The molecule has 2 N–H and O–H groups in total. The second-order valence-electron chi connectivity index (χ2n) is 7.44. The Balaban J connectivity index is 0.00000261. The molecule has 2 aliphatic rings. The van der Waals surface area contributed by atoms with Crippen LogP contribution in [-0.2, 0) is 9.47 Å². The number of benzene rings is 1. The summed E-state index contributed by atoms with van der Waals surface area (Å²) in [6.07, 6.45) is 0. The average Bonchev–Trinajstić information content (AvgIpc) is 2.63. The number of aliphatic imine (C=N–C) groups is 1. The Morgan fingerprint density at radius 2 is 1.85 bits per heavy atom. The molecule has 2 aliphatic heterocycles. The van der Waals surface area contributed by atoms with Gasteiger partial charge in [-0.1, -0.05) is 23.7 Å². The lowest BCUT2D eigenvalue weighted by Crippen LogP contribution is -2.50. The first kappa shape index (κ1) is 22.7. The SMILES string of the molecule is CC1(C)CN(C(CN=C(N)N2CCOCC2)c2ccc(Cl)cc2)CCO1.I. The molecular weight excluding hydrogens is 479 g/mol. The number of halogens is 2. The van der Waals surface area contributed by atoms with E-state index in [-0.39, 0.29) is 35.6 Å². The van der Waals surface area contributed by atoms with E-state index in [0.29, 0.717) is 25.7 Å². The normalized spacial score (nSPS) is 22.2. The number of nitrogens with two attached hydrogens (primary N) is 1. The lowest BCUT2D eigenvalue weighted by molar-refractivity contribution is -0.0967. The molecule has 3 rings (SSSR count). The molecule has 0 radical (unpaired) electrons. The van der Waals surface area contributed by atoms with Gasteiger partial charge in [0.1, 0.15) is 0 Å². The van der Waals surface area contributed by atoms with E-state index in [1.54, 1.807) is 0 Å². The number of morpholine rings is 2. The van der Waals surface area contributed by atoms with Crippen LogP contribution in [0.2, 0.25) is 5.02 Å². The number of ether oxygens (including phenoxy) is 2. The van der Waals surface area contributed by atoms with Gasteiger partial charge in [-0.2, -0.15) is 0 Å². The van der Waals surface area contributed by atoms with Crippen molar-refractivity contribution in [1.82, 2.24) is 9.80 Å². The molecule has 1 atom stereocenters. The quantitative estimate of drug-likeness (QED) is 0.385. The highest BCUT2D eigenvalue weighted by atomic mass is 127. The van der Waals surface area contributed by atoms with Crippen LogP contribution in [0, 0.1) is 0 Å². The summed E-state index contributed by atoms with van der Waals surface area (Å²) < 4.78 is 11.3. The molecule has 0 bridgehead atoms. The van der Waals surface area contributed by atoms with Gasteiger partial charge in [-0.3, -0.25) is 9.89 Å². The fourth-order valence-electron chi connectivity index (χ4n) is 3.51. The van der Waals surface area contributed by atoms with Gasteiger partial charge in [-0.15, -0.1) is 24.0 Å². The van der Waals surface area contributed by atoms with Crippen LogP contribution in [0.4, 0.5) is 0 Å². The van der Waals surface area contributed by atoms with E-state index in [1.807, 2.05) is 12.1 Å². The summed E-state index contributed by atoms with van der Waals surface area (Å²) >= 11 is 6.08. The van der Waals surface area contributed by atoms with E-state index in [4.69, 9.17) is 31.8 Å². The van der Waals surface area contributed by atoms with Crippen molar-refractivity contribution >= 4 is 41.5 Å². The van der Waals surface area contributed by atoms with Gasteiger partial charge < -0.3 is 20.1 Å². The second-order valence-corrected chi connectivity index (χ2v) is 7.88. The summed E-state index contributed by atoms with van der Waals surface area (Å²) in [5.74, 6) is 0.597. The largest absolute Gasteiger partial charge is 0.378 e. The zero-order valence-corrected chi connectivity index (χ0v) is 19.2. The molecule has 0 aliphatic carbocycles. The third kappa shape index (κ3) is 6.45. The van der Waals surface area contributed by atoms with Crippen molar-refractivity contribution in [2.75, 3.05) is 52.5 Å². The molecule has 0 spiro atoms. The summed E-state index contributed by atoms with van der Waals surface area (Å²) in [4.78, 5) is 9.24. The van der Waals surface area contributed by atoms with Crippen molar-refractivity contribution in [1.29, 1.82) is 0 Å². The molecule has 1 aromatic rings. The Hall–Kier alpha value is -0.610. The zero-order chi connectivity index (χ0) is 18.6. The lowest BCUT2D eigenvalue weighted by Gasteiger charge is -2.42. The Bertz CT molecular complexity index is 621. The summed E-state index contributed by atoms with van der Waals surface area (Å²) in [6.45, 7) is 10.3. The van der Waals surface area contributed by atoms with Crippen molar-refractivity contribution in [3.63, 3.8) is 0 Å². The molecule has 1 aromatic carbocycles. The molecule has 6 nitrogen and oxygen atoms in total. The van der Waals surface area contributed by atoms with Crippen LogP contribution in [0.5, 0.6) is 0 Å². The summed E-state index contributed by atoms with van der Waals surface area (Å²) in [5, 5.41) is 0.742. The Morgan fingerprint density at radius 1 is 1.19 bits per heavy atom. The predicted molar refractivity (Wildman–Crippen MR) is 120 cm³/mol. The zero-order valence-electron chi connectivity index (χ0n) is 16.1. The highest BCUT2D eigenvalue weighted by molar-refractivity contribution is 14.0. The molecule has 2 heterocycles. The summed E-state index contributed by atoms with van der Waals surface area (Å²) in [7, 11) is 0. The van der Waals surface area contributed by atoms with Crippen LogP contribution in [0.25, 0.3) is 0 Å². The average molecular weight is 509 g/mol. The van der Waals surface area contributed by atoms with E-state index in [1.165, 1.54) is 5.56 Å². The topological polar surface area (TPSA) is 63.3 Å². The molecule has 8 heteroatoms. The smallest absolute Gasteiger partial charge is 0.191 e. The third-order valence-corrected chi connectivity index (χ3v) is 5.16.